The topological polar surface area (TPSA) is 47.6 Å². The summed E-state index contributed by atoms with van der Waals surface area (Å²) in [4.78, 5) is 11.3. The van der Waals surface area contributed by atoms with Crippen LogP contribution in [0.25, 0.3) is 0 Å². The molecule has 1 fully saturated rings. The highest BCUT2D eigenvalue weighted by Crippen LogP contribution is 2.22. The third-order valence-electron chi connectivity index (χ3n) is 3.26. The van der Waals surface area contributed by atoms with Crippen LogP contribution in [-0.2, 0) is 14.3 Å². The summed E-state index contributed by atoms with van der Waals surface area (Å²) in [7, 11) is 0. The van der Waals surface area contributed by atoms with Crippen molar-refractivity contribution in [2.45, 2.75) is 52.2 Å². The van der Waals surface area contributed by atoms with E-state index in [9.17, 15) is 4.79 Å². The van der Waals surface area contributed by atoms with Crippen LogP contribution in [0, 0.1) is 5.92 Å². The van der Waals surface area contributed by atoms with Crippen LogP contribution >= 0.6 is 0 Å². The van der Waals surface area contributed by atoms with Crippen molar-refractivity contribution in [3.63, 3.8) is 0 Å². The molecular weight excluding hydrogens is 218 g/mol. The monoisotopic (exact) mass is 243 g/mol. The molecule has 0 bridgehead atoms. The van der Waals surface area contributed by atoms with E-state index in [1.54, 1.807) is 0 Å². The van der Waals surface area contributed by atoms with Crippen LogP contribution in [-0.4, -0.2) is 37.9 Å². The zero-order valence-electron chi connectivity index (χ0n) is 11.2. The molecular formula is C13H25NO3. The first-order valence-electron chi connectivity index (χ1n) is 6.67. The van der Waals surface area contributed by atoms with E-state index in [0.717, 1.165) is 26.0 Å². The van der Waals surface area contributed by atoms with Crippen LogP contribution in [0.3, 0.4) is 0 Å². The third kappa shape index (κ3) is 5.04. The summed E-state index contributed by atoms with van der Waals surface area (Å²) < 4.78 is 10.6. The number of hydrogen-bond acceptors (Lipinski definition) is 4. The first-order valence-corrected chi connectivity index (χ1v) is 6.67. The number of hydrogen-bond donors (Lipinski definition) is 1. The average molecular weight is 243 g/mol. The van der Waals surface area contributed by atoms with E-state index < -0.39 is 0 Å². The van der Waals surface area contributed by atoms with E-state index in [4.69, 9.17) is 9.47 Å². The van der Waals surface area contributed by atoms with Crippen LogP contribution in [0.5, 0.6) is 0 Å². The maximum atomic E-state index is 11.3. The van der Waals surface area contributed by atoms with Crippen molar-refractivity contribution in [1.29, 1.82) is 0 Å². The summed E-state index contributed by atoms with van der Waals surface area (Å²) in [5.74, 6) is 0.465. The SMILES string of the molecule is CCOC(=O)CC(C)NCC1CCOC1CC. The lowest BCUT2D eigenvalue weighted by molar-refractivity contribution is -0.143. The van der Waals surface area contributed by atoms with Gasteiger partial charge in [0.25, 0.3) is 0 Å². The third-order valence-corrected chi connectivity index (χ3v) is 3.26. The molecule has 0 spiro atoms. The lowest BCUT2D eigenvalue weighted by Crippen LogP contribution is -2.35. The molecule has 1 aliphatic rings. The number of esters is 1. The van der Waals surface area contributed by atoms with Gasteiger partial charge < -0.3 is 14.8 Å². The zero-order chi connectivity index (χ0) is 12.7. The Kier molecular flexibility index (Phi) is 6.52. The normalized spacial score (nSPS) is 25.8. The van der Waals surface area contributed by atoms with Gasteiger partial charge in [-0.25, -0.2) is 0 Å². The zero-order valence-corrected chi connectivity index (χ0v) is 11.2. The van der Waals surface area contributed by atoms with Gasteiger partial charge in [0.15, 0.2) is 0 Å². The van der Waals surface area contributed by atoms with Crippen molar-refractivity contribution >= 4 is 5.97 Å². The first-order chi connectivity index (χ1) is 8.17. The molecule has 3 unspecified atom stereocenters. The van der Waals surface area contributed by atoms with Crippen molar-refractivity contribution in [1.82, 2.24) is 5.32 Å². The Morgan fingerprint density at radius 1 is 1.53 bits per heavy atom. The van der Waals surface area contributed by atoms with Gasteiger partial charge >= 0.3 is 5.97 Å². The summed E-state index contributed by atoms with van der Waals surface area (Å²) >= 11 is 0. The number of carbonyl (C=O) groups excluding carboxylic acids is 1. The molecule has 1 N–H and O–H groups in total. The van der Waals surface area contributed by atoms with Gasteiger partial charge in [0.05, 0.1) is 19.1 Å². The molecule has 1 rings (SSSR count). The van der Waals surface area contributed by atoms with Crippen LogP contribution in [0.15, 0.2) is 0 Å². The summed E-state index contributed by atoms with van der Waals surface area (Å²) in [6.07, 6.45) is 3.02. The van der Waals surface area contributed by atoms with E-state index in [2.05, 4.69) is 12.2 Å². The quantitative estimate of drug-likeness (QED) is 0.692. The maximum absolute atomic E-state index is 11.3. The number of ether oxygens (including phenoxy) is 2. The van der Waals surface area contributed by atoms with Gasteiger partial charge in [-0.3, -0.25) is 4.79 Å². The molecule has 0 aromatic heterocycles. The molecule has 0 aromatic carbocycles. The van der Waals surface area contributed by atoms with Gasteiger partial charge in [0.1, 0.15) is 0 Å². The molecule has 0 saturated carbocycles. The first kappa shape index (κ1) is 14.5. The molecule has 3 atom stereocenters. The molecule has 1 saturated heterocycles. The highest BCUT2D eigenvalue weighted by Gasteiger charge is 2.26. The van der Waals surface area contributed by atoms with Crippen molar-refractivity contribution < 1.29 is 14.3 Å². The van der Waals surface area contributed by atoms with Gasteiger partial charge in [-0.1, -0.05) is 6.92 Å². The van der Waals surface area contributed by atoms with Gasteiger partial charge in [-0.2, -0.15) is 0 Å². The standard InChI is InChI=1S/C13H25NO3/c1-4-12-11(6-7-17-12)9-14-10(3)8-13(15)16-5-2/h10-12,14H,4-9H2,1-3H3. The van der Waals surface area contributed by atoms with Crippen LogP contribution in [0.4, 0.5) is 0 Å². The van der Waals surface area contributed by atoms with Crippen LogP contribution in [0.1, 0.15) is 40.0 Å². The van der Waals surface area contributed by atoms with E-state index in [1.807, 2.05) is 13.8 Å². The second-order valence-electron chi connectivity index (χ2n) is 4.68. The minimum absolute atomic E-state index is 0.123. The summed E-state index contributed by atoms with van der Waals surface area (Å²) in [5.41, 5.74) is 0. The highest BCUT2D eigenvalue weighted by atomic mass is 16.5. The summed E-state index contributed by atoms with van der Waals surface area (Å²) in [5, 5.41) is 3.40. The molecule has 0 amide bonds. The molecule has 0 aliphatic carbocycles. The van der Waals surface area contributed by atoms with Gasteiger partial charge in [-0.05, 0) is 32.6 Å². The molecule has 100 valence electrons. The average Bonchev–Trinajstić information content (AvgIpc) is 2.73. The predicted molar refractivity (Wildman–Crippen MR) is 66.9 cm³/mol. The Bertz CT molecular complexity index is 233. The fraction of sp³-hybridized carbons (Fsp3) is 0.923. The predicted octanol–water partition coefficient (Wildman–Crippen LogP) is 1.73. The fourth-order valence-electron chi connectivity index (χ4n) is 2.27. The summed E-state index contributed by atoms with van der Waals surface area (Å²) in [6.45, 7) is 8.27. The van der Waals surface area contributed by atoms with Crippen molar-refractivity contribution in [3.05, 3.63) is 0 Å². The Hall–Kier alpha value is -0.610. The summed E-state index contributed by atoms with van der Waals surface area (Å²) in [6, 6.07) is 0.173. The second kappa shape index (κ2) is 7.67. The Labute approximate surface area is 104 Å². The lowest BCUT2D eigenvalue weighted by Gasteiger charge is -2.20. The van der Waals surface area contributed by atoms with E-state index in [0.29, 0.717) is 25.0 Å². The molecule has 0 radical (unpaired) electrons. The molecule has 0 aromatic rings. The Balaban J connectivity index is 2.18. The Morgan fingerprint density at radius 2 is 2.29 bits per heavy atom. The van der Waals surface area contributed by atoms with E-state index in [1.165, 1.54) is 0 Å². The maximum Gasteiger partial charge on any atom is 0.307 e. The second-order valence-corrected chi connectivity index (χ2v) is 4.68. The van der Waals surface area contributed by atoms with E-state index >= 15 is 0 Å². The van der Waals surface area contributed by atoms with Crippen molar-refractivity contribution in [3.8, 4) is 0 Å². The molecule has 17 heavy (non-hydrogen) atoms. The van der Waals surface area contributed by atoms with E-state index in [-0.39, 0.29) is 12.0 Å². The van der Waals surface area contributed by atoms with Crippen LogP contribution < -0.4 is 5.32 Å². The van der Waals surface area contributed by atoms with Crippen molar-refractivity contribution in [2.75, 3.05) is 19.8 Å². The molecule has 4 heteroatoms. The number of rotatable bonds is 7. The van der Waals surface area contributed by atoms with Gasteiger partial charge in [0, 0.05) is 19.2 Å². The Morgan fingerprint density at radius 3 is 2.94 bits per heavy atom. The van der Waals surface area contributed by atoms with Gasteiger partial charge in [0.2, 0.25) is 0 Å². The number of carbonyl (C=O) groups is 1. The molecule has 1 heterocycles. The minimum atomic E-state index is -0.123. The van der Waals surface area contributed by atoms with Gasteiger partial charge in [-0.15, -0.1) is 0 Å². The number of nitrogens with one attached hydrogen (secondary N) is 1. The fourth-order valence-corrected chi connectivity index (χ4v) is 2.27. The molecule has 4 nitrogen and oxygen atoms in total. The highest BCUT2D eigenvalue weighted by molar-refractivity contribution is 5.69. The minimum Gasteiger partial charge on any atom is -0.466 e. The lowest BCUT2D eigenvalue weighted by atomic mass is 9.99. The smallest absolute Gasteiger partial charge is 0.307 e. The largest absolute Gasteiger partial charge is 0.466 e. The molecule has 1 aliphatic heterocycles. The van der Waals surface area contributed by atoms with Crippen LogP contribution in [0.2, 0.25) is 0 Å². The van der Waals surface area contributed by atoms with Crippen molar-refractivity contribution in [2.24, 2.45) is 5.92 Å².